The van der Waals surface area contributed by atoms with Crippen LogP contribution >= 0.6 is 11.6 Å². The Morgan fingerprint density at radius 1 is 1.36 bits per heavy atom. The molecule has 0 saturated carbocycles. The van der Waals surface area contributed by atoms with Crippen molar-refractivity contribution in [2.45, 2.75) is 25.4 Å². The summed E-state index contributed by atoms with van der Waals surface area (Å²) in [5.41, 5.74) is 1.82. The molecule has 1 aliphatic rings. The molecule has 1 aromatic heterocycles. The summed E-state index contributed by atoms with van der Waals surface area (Å²) in [4.78, 5) is 13.6. The second kappa shape index (κ2) is 8.36. The highest BCUT2D eigenvalue weighted by molar-refractivity contribution is 6.30. The first-order chi connectivity index (χ1) is 12.1. The standard InChI is InChI=1S/C18H22ClN3O3/c1-20-18(23)24-15-6-9-22(10-7-15)11-8-16-12-17(21-25-16)13-2-4-14(19)5-3-13/h2-5,12,15H,6-11H2,1H3,(H,20,23). The molecule has 0 spiro atoms. The lowest BCUT2D eigenvalue weighted by atomic mass is 10.1. The molecule has 0 bridgehead atoms. The number of amides is 1. The van der Waals surface area contributed by atoms with E-state index in [-0.39, 0.29) is 12.2 Å². The number of nitrogens with zero attached hydrogens (tertiary/aromatic N) is 2. The average molecular weight is 364 g/mol. The summed E-state index contributed by atoms with van der Waals surface area (Å²) in [6, 6.07) is 9.53. The van der Waals surface area contributed by atoms with Crippen LogP contribution in [0.1, 0.15) is 18.6 Å². The molecule has 1 saturated heterocycles. The van der Waals surface area contributed by atoms with E-state index >= 15 is 0 Å². The van der Waals surface area contributed by atoms with Crippen LogP contribution in [-0.4, -0.2) is 48.9 Å². The van der Waals surface area contributed by atoms with E-state index in [4.69, 9.17) is 20.9 Å². The Kier molecular flexibility index (Phi) is 5.94. The SMILES string of the molecule is CNC(=O)OC1CCN(CCc2cc(-c3ccc(Cl)cc3)no2)CC1. The van der Waals surface area contributed by atoms with Gasteiger partial charge in [-0.15, -0.1) is 0 Å². The topological polar surface area (TPSA) is 67.6 Å². The van der Waals surface area contributed by atoms with Crippen molar-refractivity contribution in [1.29, 1.82) is 0 Å². The fourth-order valence-electron chi connectivity index (χ4n) is 2.92. The third-order valence-electron chi connectivity index (χ3n) is 4.39. The fourth-order valence-corrected chi connectivity index (χ4v) is 3.04. The number of rotatable bonds is 5. The van der Waals surface area contributed by atoms with Gasteiger partial charge in [-0.05, 0) is 25.0 Å². The van der Waals surface area contributed by atoms with Crippen molar-refractivity contribution in [2.75, 3.05) is 26.7 Å². The van der Waals surface area contributed by atoms with Gasteiger partial charge >= 0.3 is 6.09 Å². The number of likely N-dealkylation sites (tertiary alicyclic amines) is 1. The number of carbonyl (C=O) groups excluding carboxylic acids is 1. The monoisotopic (exact) mass is 363 g/mol. The fraction of sp³-hybridized carbons (Fsp3) is 0.444. The minimum absolute atomic E-state index is 0.0120. The number of hydrogen-bond donors (Lipinski definition) is 1. The summed E-state index contributed by atoms with van der Waals surface area (Å²) in [5.74, 6) is 0.869. The van der Waals surface area contributed by atoms with Crippen LogP contribution in [0.25, 0.3) is 11.3 Å². The molecule has 3 rings (SSSR count). The van der Waals surface area contributed by atoms with Gasteiger partial charge in [0.1, 0.15) is 17.6 Å². The lowest BCUT2D eigenvalue weighted by Crippen LogP contribution is -2.39. The van der Waals surface area contributed by atoms with Crippen LogP contribution in [0.4, 0.5) is 4.79 Å². The molecule has 0 unspecified atom stereocenters. The van der Waals surface area contributed by atoms with Gasteiger partial charge in [0, 0.05) is 49.8 Å². The van der Waals surface area contributed by atoms with Crippen molar-refractivity contribution in [1.82, 2.24) is 15.4 Å². The van der Waals surface area contributed by atoms with Gasteiger partial charge in [-0.3, -0.25) is 0 Å². The number of halogens is 1. The van der Waals surface area contributed by atoms with Gasteiger partial charge < -0.3 is 19.5 Å². The van der Waals surface area contributed by atoms with Crippen molar-refractivity contribution < 1.29 is 14.1 Å². The summed E-state index contributed by atoms with van der Waals surface area (Å²) in [5, 5.41) is 7.33. The first-order valence-electron chi connectivity index (χ1n) is 8.46. The maximum Gasteiger partial charge on any atom is 0.407 e. The predicted molar refractivity (Wildman–Crippen MR) is 95.7 cm³/mol. The van der Waals surface area contributed by atoms with E-state index in [9.17, 15) is 4.79 Å². The van der Waals surface area contributed by atoms with E-state index in [1.54, 1.807) is 7.05 Å². The van der Waals surface area contributed by atoms with Crippen molar-refractivity contribution in [3.63, 3.8) is 0 Å². The smallest absolute Gasteiger partial charge is 0.407 e. The van der Waals surface area contributed by atoms with Crippen molar-refractivity contribution in [3.8, 4) is 11.3 Å². The molecule has 1 fully saturated rings. The van der Waals surface area contributed by atoms with Gasteiger partial charge in [0.15, 0.2) is 0 Å². The zero-order valence-electron chi connectivity index (χ0n) is 14.2. The zero-order valence-corrected chi connectivity index (χ0v) is 15.0. The second-order valence-corrected chi connectivity index (χ2v) is 6.57. The van der Waals surface area contributed by atoms with Crippen LogP contribution in [0.3, 0.4) is 0 Å². The molecule has 0 radical (unpaired) electrons. The quantitative estimate of drug-likeness (QED) is 0.882. The number of carbonyl (C=O) groups is 1. The highest BCUT2D eigenvalue weighted by Gasteiger charge is 2.22. The van der Waals surface area contributed by atoms with E-state index in [0.717, 1.165) is 55.9 Å². The van der Waals surface area contributed by atoms with Crippen molar-refractivity contribution in [3.05, 3.63) is 41.1 Å². The molecule has 2 heterocycles. The first-order valence-corrected chi connectivity index (χ1v) is 8.84. The van der Waals surface area contributed by atoms with Crippen LogP contribution < -0.4 is 5.32 Å². The number of alkyl carbamates (subject to hydrolysis) is 1. The third-order valence-corrected chi connectivity index (χ3v) is 4.64. The number of aromatic nitrogens is 1. The van der Waals surface area contributed by atoms with Gasteiger partial charge in [-0.1, -0.05) is 28.9 Å². The number of ether oxygens (including phenoxy) is 1. The van der Waals surface area contributed by atoms with Crippen LogP contribution in [-0.2, 0) is 11.2 Å². The van der Waals surface area contributed by atoms with Gasteiger partial charge in [0.2, 0.25) is 0 Å². The van der Waals surface area contributed by atoms with Gasteiger partial charge in [0.25, 0.3) is 0 Å². The Morgan fingerprint density at radius 3 is 2.76 bits per heavy atom. The van der Waals surface area contributed by atoms with Crippen LogP contribution in [0.2, 0.25) is 5.02 Å². The minimum Gasteiger partial charge on any atom is -0.446 e. The Morgan fingerprint density at radius 2 is 2.08 bits per heavy atom. The molecule has 134 valence electrons. The van der Waals surface area contributed by atoms with E-state index in [2.05, 4.69) is 15.4 Å². The molecular weight excluding hydrogens is 342 g/mol. The maximum absolute atomic E-state index is 11.2. The van der Waals surface area contributed by atoms with Gasteiger partial charge in [-0.2, -0.15) is 0 Å². The maximum atomic E-state index is 11.2. The molecule has 0 atom stereocenters. The van der Waals surface area contributed by atoms with Gasteiger partial charge in [0.05, 0.1) is 0 Å². The summed E-state index contributed by atoms with van der Waals surface area (Å²) in [6.07, 6.45) is 2.19. The number of nitrogens with one attached hydrogen (secondary N) is 1. The molecule has 2 aromatic rings. The van der Waals surface area contributed by atoms with E-state index in [1.165, 1.54) is 0 Å². The normalized spacial score (nSPS) is 15.9. The minimum atomic E-state index is -0.352. The summed E-state index contributed by atoms with van der Waals surface area (Å²) >= 11 is 5.91. The molecule has 0 aliphatic carbocycles. The average Bonchev–Trinajstić information content (AvgIpc) is 3.10. The summed E-state index contributed by atoms with van der Waals surface area (Å²) < 4.78 is 10.7. The predicted octanol–water partition coefficient (Wildman–Crippen LogP) is 3.36. The Bertz CT molecular complexity index is 694. The van der Waals surface area contributed by atoms with E-state index in [1.807, 2.05) is 30.3 Å². The molecule has 1 aliphatic heterocycles. The summed E-state index contributed by atoms with van der Waals surface area (Å²) in [6.45, 7) is 2.74. The third kappa shape index (κ3) is 4.96. The molecule has 6 nitrogen and oxygen atoms in total. The Hall–Kier alpha value is -2.05. The largest absolute Gasteiger partial charge is 0.446 e. The molecule has 1 N–H and O–H groups in total. The molecule has 7 heteroatoms. The highest BCUT2D eigenvalue weighted by Crippen LogP contribution is 2.22. The molecular formula is C18H22ClN3O3. The first kappa shape index (κ1) is 17.8. The van der Waals surface area contributed by atoms with E-state index in [0.29, 0.717) is 5.02 Å². The Labute approximate surface area is 152 Å². The second-order valence-electron chi connectivity index (χ2n) is 6.13. The lowest BCUT2D eigenvalue weighted by molar-refractivity contribution is 0.0518. The van der Waals surface area contributed by atoms with E-state index < -0.39 is 0 Å². The zero-order chi connectivity index (χ0) is 17.6. The lowest BCUT2D eigenvalue weighted by Gasteiger charge is -2.31. The highest BCUT2D eigenvalue weighted by atomic mass is 35.5. The van der Waals surface area contributed by atoms with Crippen LogP contribution in [0.15, 0.2) is 34.9 Å². The molecule has 25 heavy (non-hydrogen) atoms. The number of benzene rings is 1. The van der Waals surface area contributed by atoms with Crippen LogP contribution in [0.5, 0.6) is 0 Å². The van der Waals surface area contributed by atoms with Gasteiger partial charge in [-0.25, -0.2) is 4.79 Å². The molecule has 1 aromatic carbocycles. The Balaban J connectivity index is 1.45. The summed E-state index contributed by atoms with van der Waals surface area (Å²) in [7, 11) is 1.58. The number of hydrogen-bond acceptors (Lipinski definition) is 5. The van der Waals surface area contributed by atoms with Crippen molar-refractivity contribution in [2.24, 2.45) is 0 Å². The molecule has 1 amide bonds. The van der Waals surface area contributed by atoms with Crippen molar-refractivity contribution >= 4 is 17.7 Å². The number of piperidine rings is 1. The van der Waals surface area contributed by atoms with Crippen LogP contribution in [0, 0.1) is 0 Å².